The van der Waals surface area contributed by atoms with E-state index in [-0.39, 0.29) is 23.5 Å². The van der Waals surface area contributed by atoms with Crippen molar-refractivity contribution < 1.29 is 19.4 Å². The standard InChI is InChI=1S/C28H27NO4S/c1-18(6-5-9-25(31)29-2)33-22-16-12-19(13-17-22)27(32)26-23-7-3-4-8-24(23)34-28(26)20-10-14-21(30)15-11-20/h3-4,7-8,10-18,30H,5-6,9H2,1-2H3,(H,29,31). The first kappa shape index (κ1) is 23.5. The highest BCUT2D eigenvalue weighted by Gasteiger charge is 2.21. The molecule has 0 saturated heterocycles. The number of fused-ring (bicyclic) bond motifs is 1. The molecule has 0 aliphatic heterocycles. The van der Waals surface area contributed by atoms with Crippen molar-refractivity contribution >= 4 is 33.1 Å². The number of hydrogen-bond acceptors (Lipinski definition) is 5. The lowest BCUT2D eigenvalue weighted by atomic mass is 9.97. The molecule has 1 amide bonds. The zero-order chi connectivity index (χ0) is 24.1. The van der Waals surface area contributed by atoms with E-state index in [1.807, 2.05) is 55.5 Å². The maximum absolute atomic E-state index is 13.6. The number of phenols is 1. The third-order valence-corrected chi connectivity index (χ3v) is 6.92. The fourth-order valence-corrected chi connectivity index (χ4v) is 5.09. The van der Waals surface area contributed by atoms with Crippen molar-refractivity contribution in [1.29, 1.82) is 0 Å². The summed E-state index contributed by atoms with van der Waals surface area (Å²) in [5.74, 6) is 0.863. The smallest absolute Gasteiger partial charge is 0.219 e. The molecule has 5 nitrogen and oxygen atoms in total. The van der Waals surface area contributed by atoms with E-state index < -0.39 is 0 Å². The lowest BCUT2D eigenvalue weighted by molar-refractivity contribution is -0.120. The minimum atomic E-state index is -0.0503. The second kappa shape index (κ2) is 10.5. The number of nitrogens with one attached hydrogen (secondary N) is 1. The zero-order valence-electron chi connectivity index (χ0n) is 19.2. The molecule has 0 aliphatic rings. The third-order valence-electron chi connectivity index (χ3n) is 5.70. The lowest BCUT2D eigenvalue weighted by Crippen LogP contribution is -2.18. The maximum atomic E-state index is 13.6. The van der Waals surface area contributed by atoms with Gasteiger partial charge in [0.15, 0.2) is 5.78 Å². The number of amides is 1. The number of ether oxygens (including phenoxy) is 1. The average Bonchev–Trinajstić information content (AvgIpc) is 3.24. The quantitative estimate of drug-likeness (QED) is 0.284. The van der Waals surface area contributed by atoms with Crippen molar-refractivity contribution in [2.75, 3.05) is 7.05 Å². The normalized spacial score (nSPS) is 11.8. The molecule has 0 bridgehead atoms. The largest absolute Gasteiger partial charge is 0.508 e. The minimum absolute atomic E-state index is 0.0303. The van der Waals surface area contributed by atoms with Crippen molar-refractivity contribution in [3.8, 4) is 21.9 Å². The van der Waals surface area contributed by atoms with Crippen LogP contribution in [0.25, 0.3) is 20.5 Å². The first-order valence-corrected chi connectivity index (χ1v) is 12.1. The van der Waals surface area contributed by atoms with Crippen LogP contribution in [0.4, 0.5) is 0 Å². The molecule has 0 fully saturated rings. The van der Waals surface area contributed by atoms with Gasteiger partial charge in [-0.05, 0) is 79.9 Å². The molecule has 4 rings (SSSR count). The van der Waals surface area contributed by atoms with Crippen LogP contribution in [-0.2, 0) is 4.79 Å². The molecule has 0 spiro atoms. The Morgan fingerprint density at radius 3 is 2.41 bits per heavy atom. The van der Waals surface area contributed by atoms with Gasteiger partial charge in [0, 0.05) is 39.6 Å². The molecule has 2 N–H and O–H groups in total. The predicted octanol–water partition coefficient (Wildman–Crippen LogP) is 6.19. The van der Waals surface area contributed by atoms with Gasteiger partial charge in [-0.15, -0.1) is 11.3 Å². The van der Waals surface area contributed by atoms with Crippen LogP contribution in [0.15, 0.2) is 72.8 Å². The van der Waals surface area contributed by atoms with Crippen LogP contribution in [0.2, 0.25) is 0 Å². The molecule has 0 aliphatic carbocycles. The van der Waals surface area contributed by atoms with Gasteiger partial charge in [0.1, 0.15) is 11.5 Å². The first-order chi connectivity index (χ1) is 16.5. The molecule has 1 atom stereocenters. The molecule has 3 aromatic carbocycles. The lowest BCUT2D eigenvalue weighted by Gasteiger charge is -2.15. The summed E-state index contributed by atoms with van der Waals surface area (Å²) in [5.41, 5.74) is 2.15. The van der Waals surface area contributed by atoms with Gasteiger partial charge in [-0.2, -0.15) is 0 Å². The number of benzene rings is 3. The second-order valence-electron chi connectivity index (χ2n) is 8.20. The molecule has 1 aromatic heterocycles. The number of rotatable bonds is 9. The third kappa shape index (κ3) is 5.29. The highest BCUT2D eigenvalue weighted by molar-refractivity contribution is 7.22. The number of carbonyl (C=O) groups is 2. The van der Waals surface area contributed by atoms with Gasteiger partial charge in [-0.1, -0.05) is 18.2 Å². The summed E-state index contributed by atoms with van der Waals surface area (Å²) >= 11 is 1.57. The molecule has 4 aromatic rings. The fraction of sp³-hybridized carbons (Fsp3) is 0.214. The van der Waals surface area contributed by atoms with Gasteiger partial charge in [-0.3, -0.25) is 9.59 Å². The van der Waals surface area contributed by atoms with Crippen molar-refractivity contribution in [3.63, 3.8) is 0 Å². The van der Waals surface area contributed by atoms with Gasteiger partial charge in [0.05, 0.1) is 6.10 Å². The van der Waals surface area contributed by atoms with Crippen molar-refractivity contribution in [2.45, 2.75) is 32.3 Å². The van der Waals surface area contributed by atoms with E-state index in [4.69, 9.17) is 4.74 Å². The Morgan fingerprint density at radius 1 is 1.00 bits per heavy atom. The number of thiophene rings is 1. The molecule has 0 radical (unpaired) electrons. The topological polar surface area (TPSA) is 75.6 Å². The van der Waals surface area contributed by atoms with E-state index in [1.54, 1.807) is 42.6 Å². The Morgan fingerprint density at radius 2 is 1.71 bits per heavy atom. The van der Waals surface area contributed by atoms with E-state index in [0.29, 0.717) is 23.3 Å². The van der Waals surface area contributed by atoms with E-state index in [0.717, 1.165) is 33.4 Å². The van der Waals surface area contributed by atoms with Gasteiger partial charge in [-0.25, -0.2) is 0 Å². The first-order valence-electron chi connectivity index (χ1n) is 11.3. The average molecular weight is 474 g/mol. The van der Waals surface area contributed by atoms with Crippen LogP contribution in [0.1, 0.15) is 42.1 Å². The Balaban J connectivity index is 1.55. The highest BCUT2D eigenvalue weighted by atomic mass is 32.1. The number of phenolic OH excluding ortho intramolecular Hbond substituents is 1. The molecule has 174 valence electrons. The van der Waals surface area contributed by atoms with Crippen molar-refractivity contribution in [2.24, 2.45) is 0 Å². The van der Waals surface area contributed by atoms with Gasteiger partial charge in [0.25, 0.3) is 0 Å². The molecular weight excluding hydrogens is 446 g/mol. The van der Waals surface area contributed by atoms with Gasteiger partial charge in [0.2, 0.25) is 5.91 Å². The predicted molar refractivity (Wildman–Crippen MR) is 137 cm³/mol. The maximum Gasteiger partial charge on any atom is 0.219 e. The van der Waals surface area contributed by atoms with Crippen LogP contribution in [0.5, 0.6) is 11.5 Å². The van der Waals surface area contributed by atoms with E-state index in [9.17, 15) is 14.7 Å². The van der Waals surface area contributed by atoms with Crippen molar-refractivity contribution in [1.82, 2.24) is 5.32 Å². The number of aromatic hydroxyl groups is 1. The van der Waals surface area contributed by atoms with Crippen LogP contribution in [0.3, 0.4) is 0 Å². The fourth-order valence-electron chi connectivity index (χ4n) is 3.88. The zero-order valence-corrected chi connectivity index (χ0v) is 20.0. The molecule has 34 heavy (non-hydrogen) atoms. The monoisotopic (exact) mass is 473 g/mol. The molecule has 0 saturated carbocycles. The summed E-state index contributed by atoms with van der Waals surface area (Å²) in [6.45, 7) is 1.98. The van der Waals surface area contributed by atoms with E-state index >= 15 is 0 Å². The van der Waals surface area contributed by atoms with Crippen LogP contribution in [0, 0.1) is 0 Å². The number of carbonyl (C=O) groups excluding carboxylic acids is 2. The summed E-state index contributed by atoms with van der Waals surface area (Å²) in [4.78, 5) is 25.9. The van der Waals surface area contributed by atoms with E-state index in [2.05, 4.69) is 5.32 Å². The van der Waals surface area contributed by atoms with Crippen molar-refractivity contribution in [3.05, 3.63) is 83.9 Å². The Labute approximate surface area is 203 Å². The van der Waals surface area contributed by atoms with E-state index in [1.165, 1.54) is 0 Å². The summed E-state index contributed by atoms with van der Waals surface area (Å²) < 4.78 is 7.01. The summed E-state index contributed by atoms with van der Waals surface area (Å²) in [6.07, 6.45) is 1.97. The van der Waals surface area contributed by atoms with Crippen LogP contribution < -0.4 is 10.1 Å². The molecule has 1 unspecified atom stereocenters. The Kier molecular flexibility index (Phi) is 7.28. The van der Waals surface area contributed by atoms with Gasteiger partial charge < -0.3 is 15.2 Å². The molecular formula is C28H27NO4S. The highest BCUT2D eigenvalue weighted by Crippen LogP contribution is 2.40. The Hall–Kier alpha value is -3.64. The summed E-state index contributed by atoms with van der Waals surface area (Å²) in [5, 5.41) is 13.2. The summed E-state index contributed by atoms with van der Waals surface area (Å²) in [6, 6.07) is 22.1. The van der Waals surface area contributed by atoms with Crippen LogP contribution >= 0.6 is 11.3 Å². The van der Waals surface area contributed by atoms with Crippen LogP contribution in [-0.4, -0.2) is 29.9 Å². The Bertz CT molecular complexity index is 1290. The minimum Gasteiger partial charge on any atom is -0.508 e. The SMILES string of the molecule is CNC(=O)CCCC(C)Oc1ccc(C(=O)c2c(-c3ccc(O)cc3)sc3ccccc23)cc1. The molecule has 1 heterocycles. The molecule has 6 heteroatoms. The number of ketones is 1. The van der Waals surface area contributed by atoms with Gasteiger partial charge >= 0.3 is 0 Å². The summed E-state index contributed by atoms with van der Waals surface area (Å²) in [7, 11) is 1.64. The number of hydrogen-bond donors (Lipinski definition) is 2. The second-order valence-corrected chi connectivity index (χ2v) is 9.25.